The molecule has 2 aromatic rings. The highest BCUT2D eigenvalue weighted by atomic mass is 32.2. The van der Waals surface area contributed by atoms with Gasteiger partial charge in [0.2, 0.25) is 0 Å². The number of H-pyrrole nitrogens is 1. The molecule has 0 fully saturated rings. The van der Waals surface area contributed by atoms with E-state index in [1.165, 1.54) is 11.0 Å². The van der Waals surface area contributed by atoms with Crippen LogP contribution in [0.25, 0.3) is 11.2 Å². The highest BCUT2D eigenvalue weighted by molar-refractivity contribution is 7.99. The summed E-state index contributed by atoms with van der Waals surface area (Å²) in [5.41, 5.74) is 0.0185. The van der Waals surface area contributed by atoms with E-state index in [0.717, 1.165) is 23.8 Å². The Kier molecular flexibility index (Phi) is 6.47. The molecule has 0 saturated carbocycles. The molecule has 0 unspecified atom stereocenters. The summed E-state index contributed by atoms with van der Waals surface area (Å²) in [5, 5.41) is 0.766. The van der Waals surface area contributed by atoms with Crippen LogP contribution in [0.1, 0.15) is 33.1 Å². The fourth-order valence-electron chi connectivity index (χ4n) is 2.35. The predicted molar refractivity (Wildman–Crippen MR) is 92.3 cm³/mol. The van der Waals surface area contributed by atoms with E-state index >= 15 is 0 Å². The monoisotopic (exact) mass is 340 g/mol. The number of thioether (sulfide) groups is 1. The van der Waals surface area contributed by atoms with E-state index < -0.39 is 11.2 Å². The van der Waals surface area contributed by atoms with E-state index in [4.69, 9.17) is 4.74 Å². The van der Waals surface area contributed by atoms with Gasteiger partial charge in [0.25, 0.3) is 5.56 Å². The van der Waals surface area contributed by atoms with Gasteiger partial charge in [-0.25, -0.2) is 9.78 Å². The Hall–Kier alpha value is -1.54. The summed E-state index contributed by atoms with van der Waals surface area (Å²) < 4.78 is 8.65. The largest absolute Gasteiger partial charge is 0.380 e. The van der Waals surface area contributed by atoms with E-state index in [-0.39, 0.29) is 0 Å². The molecule has 2 aromatic heterocycles. The normalized spacial score (nSPS) is 11.4. The van der Waals surface area contributed by atoms with Crippen molar-refractivity contribution >= 4 is 22.9 Å². The maximum absolute atomic E-state index is 12.2. The Labute approximate surface area is 139 Å². The molecule has 0 aliphatic heterocycles. The van der Waals surface area contributed by atoms with Gasteiger partial charge in [-0.3, -0.25) is 14.3 Å². The Bertz CT molecular complexity index is 762. The first-order chi connectivity index (χ1) is 11.1. The number of aromatic amines is 1. The number of aromatic nitrogens is 4. The van der Waals surface area contributed by atoms with Crippen molar-refractivity contribution in [3.63, 3.8) is 0 Å². The lowest BCUT2D eigenvalue weighted by Gasteiger charge is -2.08. The van der Waals surface area contributed by atoms with Crippen molar-refractivity contribution in [3.05, 3.63) is 20.8 Å². The standard InChI is InChI=1S/C15H24N4O3S/c1-4-6-7-10-23-15-16-12-11(19(15)8-9-22-5-2)13(20)17-14(21)18(12)3/h4-10H2,1-3H3,(H,17,20,21). The summed E-state index contributed by atoms with van der Waals surface area (Å²) in [7, 11) is 1.62. The molecule has 8 heteroatoms. The number of hydrogen-bond donors (Lipinski definition) is 1. The minimum atomic E-state index is -0.445. The van der Waals surface area contributed by atoms with Crippen molar-refractivity contribution in [1.82, 2.24) is 19.1 Å². The van der Waals surface area contributed by atoms with E-state index in [1.807, 2.05) is 11.5 Å². The third-order valence-corrected chi connectivity index (χ3v) is 4.68. The quantitative estimate of drug-likeness (QED) is 0.555. The zero-order valence-electron chi connectivity index (χ0n) is 13.9. The van der Waals surface area contributed by atoms with Crippen LogP contribution in [-0.4, -0.2) is 38.1 Å². The summed E-state index contributed by atoms with van der Waals surface area (Å²) in [6.07, 6.45) is 3.44. The molecule has 0 amide bonds. The van der Waals surface area contributed by atoms with Crippen molar-refractivity contribution < 1.29 is 4.74 Å². The summed E-state index contributed by atoms with van der Waals surface area (Å²) in [6.45, 7) is 5.77. The van der Waals surface area contributed by atoms with Gasteiger partial charge in [0.15, 0.2) is 16.3 Å². The van der Waals surface area contributed by atoms with Crippen LogP contribution in [0.4, 0.5) is 0 Å². The molecular formula is C15H24N4O3S. The van der Waals surface area contributed by atoms with Crippen LogP contribution in [-0.2, 0) is 18.3 Å². The molecule has 1 N–H and O–H groups in total. The molecule has 128 valence electrons. The Morgan fingerprint density at radius 3 is 2.74 bits per heavy atom. The van der Waals surface area contributed by atoms with Crippen molar-refractivity contribution in [2.45, 2.75) is 44.8 Å². The first-order valence-electron chi connectivity index (χ1n) is 8.00. The van der Waals surface area contributed by atoms with E-state index in [2.05, 4.69) is 16.9 Å². The van der Waals surface area contributed by atoms with Crippen LogP contribution in [0.2, 0.25) is 0 Å². The predicted octanol–water partition coefficient (Wildman–Crippen LogP) is 1.74. The zero-order chi connectivity index (χ0) is 16.8. The molecule has 0 bridgehead atoms. The SMILES string of the molecule is CCCCCSc1nc2c(c(=O)[nH]c(=O)n2C)n1CCOCC. The zero-order valence-corrected chi connectivity index (χ0v) is 14.7. The smallest absolute Gasteiger partial charge is 0.329 e. The number of hydrogen-bond acceptors (Lipinski definition) is 5. The maximum atomic E-state index is 12.2. The highest BCUT2D eigenvalue weighted by Gasteiger charge is 2.17. The van der Waals surface area contributed by atoms with Crippen LogP contribution in [0.5, 0.6) is 0 Å². The summed E-state index contributed by atoms with van der Waals surface area (Å²) >= 11 is 1.62. The van der Waals surface area contributed by atoms with Gasteiger partial charge in [0.1, 0.15) is 0 Å². The molecule has 23 heavy (non-hydrogen) atoms. The first-order valence-corrected chi connectivity index (χ1v) is 8.98. The van der Waals surface area contributed by atoms with Gasteiger partial charge >= 0.3 is 5.69 Å². The Morgan fingerprint density at radius 1 is 1.26 bits per heavy atom. The minimum Gasteiger partial charge on any atom is -0.380 e. The average molecular weight is 340 g/mol. The molecule has 7 nitrogen and oxygen atoms in total. The van der Waals surface area contributed by atoms with Gasteiger partial charge in [-0.15, -0.1) is 0 Å². The Balaban J connectivity index is 2.40. The van der Waals surface area contributed by atoms with Gasteiger partial charge in [0, 0.05) is 26.0 Å². The fraction of sp³-hybridized carbons (Fsp3) is 0.667. The number of nitrogens with zero attached hydrogens (tertiary/aromatic N) is 3. The number of nitrogens with one attached hydrogen (secondary N) is 1. The second kappa shape index (κ2) is 8.35. The van der Waals surface area contributed by atoms with Crippen LogP contribution < -0.4 is 11.2 Å². The molecule has 0 saturated heterocycles. The van der Waals surface area contributed by atoms with Gasteiger partial charge in [0.05, 0.1) is 6.61 Å². The van der Waals surface area contributed by atoms with Crippen molar-refractivity contribution in [2.24, 2.45) is 7.05 Å². The lowest BCUT2D eigenvalue weighted by atomic mass is 10.3. The van der Waals surface area contributed by atoms with Gasteiger partial charge < -0.3 is 9.30 Å². The molecule has 0 spiro atoms. The molecule has 2 rings (SSSR count). The van der Waals surface area contributed by atoms with E-state index in [9.17, 15) is 9.59 Å². The number of ether oxygens (including phenoxy) is 1. The maximum Gasteiger partial charge on any atom is 0.329 e. The lowest BCUT2D eigenvalue weighted by Crippen LogP contribution is -2.29. The number of rotatable bonds is 9. The Morgan fingerprint density at radius 2 is 2.04 bits per heavy atom. The average Bonchev–Trinajstić information content (AvgIpc) is 2.89. The van der Waals surface area contributed by atoms with Crippen LogP contribution in [0.3, 0.4) is 0 Å². The third-order valence-electron chi connectivity index (χ3n) is 3.61. The first kappa shape index (κ1) is 17.8. The molecule has 0 aliphatic carbocycles. The fourth-order valence-corrected chi connectivity index (χ4v) is 3.37. The number of imidazole rings is 1. The molecule has 0 radical (unpaired) electrons. The second-order valence-corrected chi connectivity index (χ2v) is 6.35. The molecular weight excluding hydrogens is 316 g/mol. The minimum absolute atomic E-state index is 0.396. The van der Waals surface area contributed by atoms with Crippen molar-refractivity contribution in [2.75, 3.05) is 19.0 Å². The van der Waals surface area contributed by atoms with Crippen LogP contribution >= 0.6 is 11.8 Å². The lowest BCUT2D eigenvalue weighted by molar-refractivity contribution is 0.138. The highest BCUT2D eigenvalue weighted by Crippen LogP contribution is 2.22. The topological polar surface area (TPSA) is 81.9 Å². The number of unbranched alkanes of at least 4 members (excludes halogenated alkanes) is 2. The second-order valence-electron chi connectivity index (χ2n) is 5.29. The molecule has 0 aromatic carbocycles. The van der Waals surface area contributed by atoms with Crippen molar-refractivity contribution in [3.8, 4) is 0 Å². The van der Waals surface area contributed by atoms with Gasteiger partial charge in [-0.05, 0) is 13.3 Å². The summed E-state index contributed by atoms with van der Waals surface area (Å²) in [5.74, 6) is 0.942. The summed E-state index contributed by atoms with van der Waals surface area (Å²) in [6, 6.07) is 0. The van der Waals surface area contributed by atoms with Crippen LogP contribution in [0.15, 0.2) is 14.7 Å². The third kappa shape index (κ3) is 4.06. The van der Waals surface area contributed by atoms with E-state index in [0.29, 0.717) is 30.9 Å². The number of fused-ring (bicyclic) bond motifs is 1. The molecule has 2 heterocycles. The molecule has 0 aliphatic rings. The van der Waals surface area contributed by atoms with Gasteiger partial charge in [-0.2, -0.15) is 0 Å². The van der Waals surface area contributed by atoms with Crippen LogP contribution in [0, 0.1) is 0 Å². The van der Waals surface area contributed by atoms with Gasteiger partial charge in [-0.1, -0.05) is 31.5 Å². The summed E-state index contributed by atoms with van der Waals surface area (Å²) in [4.78, 5) is 30.8. The molecule has 0 atom stereocenters. The van der Waals surface area contributed by atoms with Crippen molar-refractivity contribution in [1.29, 1.82) is 0 Å². The van der Waals surface area contributed by atoms with E-state index in [1.54, 1.807) is 18.8 Å². The number of aryl methyl sites for hydroxylation is 1.